The van der Waals surface area contributed by atoms with Gasteiger partial charge in [0.05, 0.1) is 4.47 Å². The molecule has 0 fully saturated rings. The molecule has 1 aromatic carbocycles. The Kier molecular flexibility index (Phi) is 5.69. The van der Waals surface area contributed by atoms with Crippen LogP contribution < -0.4 is 10.1 Å². The van der Waals surface area contributed by atoms with E-state index in [0.29, 0.717) is 16.8 Å². The first-order chi connectivity index (χ1) is 7.65. The van der Waals surface area contributed by atoms with E-state index in [1.165, 1.54) is 0 Å². The van der Waals surface area contributed by atoms with Crippen molar-refractivity contribution in [2.24, 2.45) is 0 Å². The van der Waals surface area contributed by atoms with Gasteiger partial charge in [0.1, 0.15) is 12.4 Å². The van der Waals surface area contributed by atoms with E-state index in [-0.39, 0.29) is 0 Å². The minimum atomic E-state index is -2.46. The Labute approximate surface area is 102 Å². The molecule has 0 atom stereocenters. The van der Waals surface area contributed by atoms with Gasteiger partial charge in [0.2, 0.25) is 0 Å². The van der Waals surface area contributed by atoms with E-state index in [2.05, 4.69) is 21.2 Å². The summed E-state index contributed by atoms with van der Waals surface area (Å²) in [6.45, 7) is 2.83. The van der Waals surface area contributed by atoms with Crippen molar-refractivity contribution < 1.29 is 13.5 Å². The van der Waals surface area contributed by atoms with Crippen LogP contribution in [0.15, 0.2) is 22.7 Å². The van der Waals surface area contributed by atoms with Crippen LogP contribution in [0.2, 0.25) is 0 Å². The van der Waals surface area contributed by atoms with Gasteiger partial charge in [-0.2, -0.15) is 0 Å². The van der Waals surface area contributed by atoms with Crippen molar-refractivity contribution in [3.05, 3.63) is 28.2 Å². The van der Waals surface area contributed by atoms with Crippen LogP contribution in [-0.4, -0.2) is 19.6 Å². The van der Waals surface area contributed by atoms with Crippen LogP contribution in [0, 0.1) is 0 Å². The maximum Gasteiger partial charge on any atom is 0.272 e. The van der Waals surface area contributed by atoms with Crippen LogP contribution in [0.3, 0.4) is 0 Å². The lowest BCUT2D eigenvalue weighted by Crippen LogP contribution is -2.14. The zero-order chi connectivity index (χ0) is 12.0. The van der Waals surface area contributed by atoms with Crippen LogP contribution in [0.4, 0.5) is 8.78 Å². The SMILES string of the molecule is CCNCc1cccc(Br)c1OCC(F)F. The van der Waals surface area contributed by atoms with Crippen molar-refractivity contribution in [2.45, 2.75) is 19.9 Å². The van der Waals surface area contributed by atoms with Crippen LogP contribution in [0.1, 0.15) is 12.5 Å². The summed E-state index contributed by atoms with van der Waals surface area (Å²) < 4.78 is 29.9. The second kappa shape index (κ2) is 6.81. The van der Waals surface area contributed by atoms with E-state index in [9.17, 15) is 8.78 Å². The fraction of sp³-hybridized carbons (Fsp3) is 0.455. The quantitative estimate of drug-likeness (QED) is 0.870. The summed E-state index contributed by atoms with van der Waals surface area (Å²) >= 11 is 3.29. The Bertz CT molecular complexity index is 334. The van der Waals surface area contributed by atoms with Gasteiger partial charge in [0, 0.05) is 12.1 Å². The summed E-state index contributed by atoms with van der Waals surface area (Å²) in [5.74, 6) is 0.490. The first-order valence-corrected chi connectivity index (χ1v) is 5.83. The van der Waals surface area contributed by atoms with Gasteiger partial charge >= 0.3 is 0 Å². The van der Waals surface area contributed by atoms with E-state index in [4.69, 9.17) is 4.74 Å². The van der Waals surface area contributed by atoms with E-state index in [1.807, 2.05) is 19.1 Å². The topological polar surface area (TPSA) is 21.3 Å². The number of ether oxygens (including phenoxy) is 1. The summed E-state index contributed by atoms with van der Waals surface area (Å²) in [5.41, 5.74) is 0.872. The molecule has 2 nitrogen and oxygen atoms in total. The van der Waals surface area contributed by atoms with Crippen molar-refractivity contribution in [3.8, 4) is 5.75 Å². The molecular weight excluding hydrogens is 280 g/mol. The van der Waals surface area contributed by atoms with Crippen molar-refractivity contribution in [2.75, 3.05) is 13.2 Å². The van der Waals surface area contributed by atoms with Gasteiger partial charge in [-0.25, -0.2) is 8.78 Å². The molecule has 0 aliphatic heterocycles. The molecule has 5 heteroatoms. The number of halogens is 3. The number of hydrogen-bond acceptors (Lipinski definition) is 2. The molecule has 1 rings (SSSR count). The molecule has 90 valence electrons. The minimum absolute atomic E-state index is 0.490. The van der Waals surface area contributed by atoms with Gasteiger partial charge in [-0.3, -0.25) is 0 Å². The van der Waals surface area contributed by atoms with Crippen molar-refractivity contribution in [3.63, 3.8) is 0 Å². The number of benzene rings is 1. The third-order valence-electron chi connectivity index (χ3n) is 1.97. The molecule has 0 heterocycles. The Morgan fingerprint density at radius 2 is 2.19 bits per heavy atom. The molecule has 0 aromatic heterocycles. The van der Waals surface area contributed by atoms with Crippen LogP contribution in [-0.2, 0) is 6.54 Å². The molecule has 0 saturated heterocycles. The second-order valence-corrected chi connectivity index (χ2v) is 4.06. The van der Waals surface area contributed by atoms with Crippen molar-refractivity contribution in [1.82, 2.24) is 5.32 Å². The number of rotatable bonds is 6. The van der Waals surface area contributed by atoms with E-state index >= 15 is 0 Å². The van der Waals surface area contributed by atoms with Crippen molar-refractivity contribution >= 4 is 15.9 Å². The summed E-state index contributed by atoms with van der Waals surface area (Å²) in [6, 6.07) is 5.48. The maximum atomic E-state index is 12.1. The average Bonchev–Trinajstić information content (AvgIpc) is 2.24. The summed E-state index contributed by atoms with van der Waals surface area (Å²) in [7, 11) is 0. The highest BCUT2D eigenvalue weighted by atomic mass is 79.9. The predicted molar refractivity (Wildman–Crippen MR) is 63.0 cm³/mol. The maximum absolute atomic E-state index is 12.1. The van der Waals surface area contributed by atoms with E-state index in [1.54, 1.807) is 6.07 Å². The number of alkyl halides is 2. The highest BCUT2D eigenvalue weighted by molar-refractivity contribution is 9.10. The normalized spacial score (nSPS) is 10.8. The molecule has 0 radical (unpaired) electrons. The molecule has 0 aliphatic carbocycles. The summed E-state index contributed by atoms with van der Waals surface area (Å²) in [4.78, 5) is 0. The standard InChI is InChI=1S/C11H14BrF2NO/c1-2-15-6-8-4-3-5-9(12)11(8)16-7-10(13)14/h3-5,10,15H,2,6-7H2,1H3. The molecule has 0 bridgehead atoms. The Morgan fingerprint density at radius 1 is 1.44 bits per heavy atom. The van der Waals surface area contributed by atoms with Gasteiger partial charge in [0.25, 0.3) is 6.43 Å². The first-order valence-electron chi connectivity index (χ1n) is 5.04. The fourth-order valence-electron chi connectivity index (χ4n) is 1.26. The molecule has 0 aliphatic rings. The number of hydrogen-bond donors (Lipinski definition) is 1. The van der Waals surface area contributed by atoms with E-state index < -0.39 is 13.0 Å². The average molecular weight is 294 g/mol. The van der Waals surface area contributed by atoms with Gasteiger partial charge in [-0.15, -0.1) is 0 Å². The Morgan fingerprint density at radius 3 is 2.81 bits per heavy atom. The van der Waals surface area contributed by atoms with Gasteiger partial charge < -0.3 is 10.1 Å². The third kappa shape index (κ3) is 4.06. The summed E-state index contributed by atoms with van der Waals surface area (Å²) in [5, 5.41) is 3.13. The molecule has 0 amide bonds. The smallest absolute Gasteiger partial charge is 0.272 e. The van der Waals surface area contributed by atoms with Crippen molar-refractivity contribution in [1.29, 1.82) is 0 Å². The highest BCUT2D eigenvalue weighted by Crippen LogP contribution is 2.29. The molecule has 0 unspecified atom stereocenters. The van der Waals surface area contributed by atoms with Gasteiger partial charge in [-0.05, 0) is 28.5 Å². The fourth-order valence-corrected chi connectivity index (χ4v) is 1.78. The zero-order valence-corrected chi connectivity index (χ0v) is 10.6. The van der Waals surface area contributed by atoms with Gasteiger partial charge in [0.15, 0.2) is 0 Å². The zero-order valence-electron chi connectivity index (χ0n) is 8.97. The predicted octanol–water partition coefficient (Wildman–Crippen LogP) is 3.20. The molecule has 1 aromatic rings. The largest absolute Gasteiger partial charge is 0.486 e. The monoisotopic (exact) mass is 293 g/mol. The van der Waals surface area contributed by atoms with Crippen LogP contribution in [0.5, 0.6) is 5.75 Å². The third-order valence-corrected chi connectivity index (χ3v) is 2.59. The lowest BCUT2D eigenvalue weighted by Gasteiger charge is -2.13. The lowest BCUT2D eigenvalue weighted by atomic mass is 10.2. The first kappa shape index (κ1) is 13.4. The molecule has 0 saturated carbocycles. The second-order valence-electron chi connectivity index (χ2n) is 3.21. The molecular formula is C11H14BrF2NO. The molecule has 16 heavy (non-hydrogen) atoms. The van der Waals surface area contributed by atoms with Gasteiger partial charge in [-0.1, -0.05) is 19.1 Å². The minimum Gasteiger partial charge on any atom is -0.486 e. The Hall–Kier alpha value is -0.680. The molecule has 1 N–H and O–H groups in total. The summed E-state index contributed by atoms with van der Waals surface area (Å²) in [6.07, 6.45) is -2.46. The van der Waals surface area contributed by atoms with E-state index in [0.717, 1.165) is 12.1 Å². The van der Waals surface area contributed by atoms with Crippen LogP contribution in [0.25, 0.3) is 0 Å². The number of para-hydroxylation sites is 1. The van der Waals surface area contributed by atoms with Crippen LogP contribution >= 0.6 is 15.9 Å². The highest BCUT2D eigenvalue weighted by Gasteiger charge is 2.10. The lowest BCUT2D eigenvalue weighted by molar-refractivity contribution is 0.0810. The Balaban J connectivity index is 2.77. The number of nitrogens with one attached hydrogen (secondary N) is 1. The molecule has 0 spiro atoms.